The Morgan fingerprint density at radius 1 is 1.15 bits per heavy atom. The number of hydrogen-bond donors (Lipinski definition) is 2. The third-order valence-corrected chi connectivity index (χ3v) is 7.39. The van der Waals surface area contributed by atoms with Crippen LogP contribution in [0, 0.1) is 6.92 Å². The molecule has 2 saturated heterocycles. The number of nitrogens with one attached hydrogen (secondary N) is 1. The second-order valence-corrected chi connectivity index (χ2v) is 10.4. The number of carbonyl (C=O) groups is 1. The van der Waals surface area contributed by atoms with Crippen molar-refractivity contribution in [2.75, 3.05) is 43.6 Å². The maximum atomic E-state index is 13.0. The Balaban J connectivity index is 1.37. The van der Waals surface area contributed by atoms with Gasteiger partial charge in [-0.1, -0.05) is 6.07 Å². The SMILES string of the molecule is CO[C@@H]1CC[C@H](Oc2ccc3c(O)c(NC(=O)c4cccc(N5CCOCC5)c4)c(=O)oc3c2C)OC1(C)C. The highest BCUT2D eigenvalue weighted by Gasteiger charge is 2.39. The molecule has 208 valence electrons. The van der Waals surface area contributed by atoms with E-state index in [1.807, 2.05) is 19.9 Å². The molecule has 5 rings (SSSR count). The lowest BCUT2D eigenvalue weighted by atomic mass is 9.94. The number of rotatable bonds is 6. The topological polar surface area (TPSA) is 120 Å². The van der Waals surface area contributed by atoms with Gasteiger partial charge in [0.2, 0.25) is 6.29 Å². The predicted molar refractivity (Wildman–Crippen MR) is 146 cm³/mol. The molecule has 3 heterocycles. The van der Waals surface area contributed by atoms with E-state index >= 15 is 0 Å². The minimum absolute atomic E-state index is 0.0412. The van der Waals surface area contributed by atoms with Crippen LogP contribution < -0.4 is 20.6 Å². The number of aryl methyl sites for hydroxylation is 1. The first-order valence-corrected chi connectivity index (χ1v) is 13.1. The fourth-order valence-corrected chi connectivity index (χ4v) is 5.19. The molecule has 0 aliphatic carbocycles. The van der Waals surface area contributed by atoms with Crippen LogP contribution in [0.5, 0.6) is 11.5 Å². The van der Waals surface area contributed by atoms with Gasteiger partial charge >= 0.3 is 5.63 Å². The van der Waals surface area contributed by atoms with E-state index < -0.39 is 23.4 Å². The zero-order chi connectivity index (χ0) is 27.7. The first kappa shape index (κ1) is 27.0. The number of benzene rings is 2. The number of amides is 1. The summed E-state index contributed by atoms with van der Waals surface area (Å²) in [6, 6.07) is 10.4. The first-order chi connectivity index (χ1) is 18.7. The average Bonchev–Trinajstić information content (AvgIpc) is 2.93. The van der Waals surface area contributed by atoms with E-state index in [1.165, 1.54) is 0 Å². The van der Waals surface area contributed by atoms with Crippen LogP contribution in [0.4, 0.5) is 11.4 Å². The Hall–Kier alpha value is -3.60. The Labute approximate surface area is 226 Å². The Morgan fingerprint density at radius 2 is 1.92 bits per heavy atom. The van der Waals surface area contributed by atoms with Gasteiger partial charge in [0.15, 0.2) is 11.4 Å². The monoisotopic (exact) mass is 538 g/mol. The molecule has 2 fully saturated rings. The molecule has 0 radical (unpaired) electrons. The minimum Gasteiger partial charge on any atom is -0.505 e. The van der Waals surface area contributed by atoms with Crippen molar-refractivity contribution in [2.24, 2.45) is 0 Å². The van der Waals surface area contributed by atoms with Crippen LogP contribution in [0.15, 0.2) is 45.6 Å². The van der Waals surface area contributed by atoms with Crippen LogP contribution in [0.3, 0.4) is 0 Å². The molecule has 0 spiro atoms. The highest BCUT2D eigenvalue weighted by atomic mass is 16.7. The van der Waals surface area contributed by atoms with Crippen molar-refractivity contribution in [3.8, 4) is 11.5 Å². The summed E-state index contributed by atoms with van der Waals surface area (Å²) in [5, 5.41) is 13.8. The van der Waals surface area contributed by atoms with Crippen LogP contribution in [0.25, 0.3) is 11.0 Å². The number of carbonyl (C=O) groups excluding carboxylic acids is 1. The van der Waals surface area contributed by atoms with Crippen molar-refractivity contribution >= 4 is 28.3 Å². The van der Waals surface area contributed by atoms with Crippen LogP contribution in [-0.4, -0.2) is 62.4 Å². The maximum Gasteiger partial charge on any atom is 0.364 e. The summed E-state index contributed by atoms with van der Waals surface area (Å²) in [6.45, 7) is 8.34. The smallest absolute Gasteiger partial charge is 0.364 e. The Kier molecular flexibility index (Phi) is 7.53. The summed E-state index contributed by atoms with van der Waals surface area (Å²) in [4.78, 5) is 28.1. The average molecular weight is 539 g/mol. The molecule has 39 heavy (non-hydrogen) atoms. The van der Waals surface area contributed by atoms with Gasteiger partial charge in [0.25, 0.3) is 5.91 Å². The first-order valence-electron chi connectivity index (χ1n) is 13.1. The zero-order valence-electron chi connectivity index (χ0n) is 22.6. The van der Waals surface area contributed by atoms with Crippen LogP contribution in [-0.2, 0) is 14.2 Å². The fraction of sp³-hybridized carbons (Fsp3) is 0.448. The zero-order valence-corrected chi connectivity index (χ0v) is 22.6. The molecule has 10 nitrogen and oxygen atoms in total. The molecule has 2 aliphatic rings. The Morgan fingerprint density at radius 3 is 2.64 bits per heavy atom. The molecule has 10 heteroatoms. The van der Waals surface area contributed by atoms with Gasteiger partial charge in [-0.25, -0.2) is 4.79 Å². The molecular weight excluding hydrogens is 504 g/mol. The van der Waals surface area contributed by atoms with Crippen molar-refractivity contribution in [3.05, 3.63) is 57.9 Å². The molecule has 2 N–H and O–H groups in total. The normalized spacial score (nSPS) is 21.1. The van der Waals surface area contributed by atoms with Crippen molar-refractivity contribution in [3.63, 3.8) is 0 Å². The number of anilines is 2. The fourth-order valence-electron chi connectivity index (χ4n) is 5.19. The number of aromatic hydroxyl groups is 1. The molecule has 2 atom stereocenters. The molecule has 0 saturated carbocycles. The van der Waals surface area contributed by atoms with Gasteiger partial charge in [-0.15, -0.1) is 0 Å². The largest absolute Gasteiger partial charge is 0.505 e. The number of ether oxygens (including phenoxy) is 4. The summed E-state index contributed by atoms with van der Waals surface area (Å²) in [5.41, 5.74) is 0.229. The predicted octanol–water partition coefficient (Wildman–Crippen LogP) is 4.20. The number of methoxy groups -OCH3 is 1. The molecule has 1 amide bonds. The van der Waals surface area contributed by atoms with E-state index in [4.69, 9.17) is 23.4 Å². The number of hydrogen-bond acceptors (Lipinski definition) is 9. The van der Waals surface area contributed by atoms with E-state index in [1.54, 1.807) is 44.4 Å². The van der Waals surface area contributed by atoms with Gasteiger partial charge in [0, 0.05) is 43.4 Å². The lowest BCUT2D eigenvalue weighted by molar-refractivity contribution is -0.233. The number of morpholine rings is 1. The summed E-state index contributed by atoms with van der Waals surface area (Å²) in [5.74, 6) is -0.430. The lowest BCUT2D eigenvalue weighted by Crippen LogP contribution is -2.49. The van der Waals surface area contributed by atoms with Gasteiger partial charge in [0.05, 0.1) is 30.3 Å². The third kappa shape index (κ3) is 5.45. The quantitative estimate of drug-likeness (QED) is 0.445. The van der Waals surface area contributed by atoms with Crippen molar-refractivity contribution < 1.29 is 33.3 Å². The van der Waals surface area contributed by atoms with Gasteiger partial charge in [0.1, 0.15) is 11.3 Å². The van der Waals surface area contributed by atoms with Crippen LogP contribution in [0.2, 0.25) is 0 Å². The van der Waals surface area contributed by atoms with E-state index in [0.717, 1.165) is 25.2 Å². The van der Waals surface area contributed by atoms with Gasteiger partial charge in [-0.3, -0.25) is 4.79 Å². The standard InChI is InChI=1S/C29H34N2O8/c1-17-21(37-23-11-10-22(35-4)29(2,3)39-23)9-8-20-25(32)24(28(34)38-26(17)20)30-27(33)18-6-5-7-19(16-18)31-12-14-36-15-13-31/h5-9,16,22-23,32H,10-15H2,1-4H3,(H,30,33)/t22-,23-/m1/s1. The van der Waals surface area contributed by atoms with Crippen molar-refractivity contribution in [2.45, 2.75) is 51.6 Å². The molecular formula is C29H34N2O8. The second-order valence-electron chi connectivity index (χ2n) is 10.4. The van der Waals surface area contributed by atoms with E-state index in [0.29, 0.717) is 36.5 Å². The van der Waals surface area contributed by atoms with Crippen molar-refractivity contribution in [1.82, 2.24) is 0 Å². The molecule has 2 aromatic carbocycles. The van der Waals surface area contributed by atoms with Gasteiger partial charge in [-0.2, -0.15) is 0 Å². The summed E-state index contributed by atoms with van der Waals surface area (Å²) in [7, 11) is 1.66. The summed E-state index contributed by atoms with van der Waals surface area (Å²) < 4.78 is 28.7. The molecule has 3 aromatic rings. The molecule has 0 bridgehead atoms. The van der Waals surface area contributed by atoms with Crippen LogP contribution in [0.1, 0.15) is 42.6 Å². The second kappa shape index (κ2) is 10.9. The number of fused-ring (bicyclic) bond motifs is 1. The van der Waals surface area contributed by atoms with Gasteiger partial charge < -0.3 is 38.7 Å². The minimum atomic E-state index is -0.865. The summed E-state index contributed by atoms with van der Waals surface area (Å²) in [6.07, 6.45) is 0.858. The van der Waals surface area contributed by atoms with E-state index in [9.17, 15) is 14.7 Å². The van der Waals surface area contributed by atoms with E-state index in [2.05, 4.69) is 10.2 Å². The highest BCUT2D eigenvalue weighted by Crippen LogP contribution is 2.37. The molecule has 0 unspecified atom stereocenters. The van der Waals surface area contributed by atoms with Crippen molar-refractivity contribution in [1.29, 1.82) is 0 Å². The Bertz CT molecular complexity index is 1430. The van der Waals surface area contributed by atoms with Gasteiger partial charge in [-0.05, 0) is 57.5 Å². The lowest BCUT2D eigenvalue weighted by Gasteiger charge is -2.41. The third-order valence-electron chi connectivity index (χ3n) is 7.39. The number of nitrogens with zero attached hydrogens (tertiary/aromatic N) is 1. The maximum absolute atomic E-state index is 13.0. The van der Waals surface area contributed by atoms with Crippen LogP contribution >= 0.6 is 0 Å². The highest BCUT2D eigenvalue weighted by molar-refractivity contribution is 6.07. The molecule has 2 aliphatic heterocycles. The summed E-state index contributed by atoms with van der Waals surface area (Å²) >= 11 is 0. The van der Waals surface area contributed by atoms with E-state index in [-0.39, 0.29) is 28.5 Å². The molecule has 1 aromatic heterocycles.